The van der Waals surface area contributed by atoms with E-state index in [2.05, 4.69) is 10.0 Å². The summed E-state index contributed by atoms with van der Waals surface area (Å²) in [6, 6.07) is 4.37. The van der Waals surface area contributed by atoms with Crippen molar-refractivity contribution >= 4 is 27.3 Å². The SMILES string of the molecule is CCCC(=O)Nc1ccc(N)cc1S(=O)(=O)NCC. The number of sulfonamides is 1. The molecule has 0 saturated heterocycles. The Labute approximate surface area is 113 Å². The number of benzene rings is 1. The van der Waals surface area contributed by atoms with Gasteiger partial charge in [-0.25, -0.2) is 13.1 Å². The molecule has 4 N–H and O–H groups in total. The molecule has 0 bridgehead atoms. The number of anilines is 2. The van der Waals surface area contributed by atoms with Gasteiger partial charge in [-0.15, -0.1) is 0 Å². The van der Waals surface area contributed by atoms with Gasteiger partial charge in [-0.3, -0.25) is 4.79 Å². The van der Waals surface area contributed by atoms with Crippen LogP contribution in [0.15, 0.2) is 23.1 Å². The zero-order chi connectivity index (χ0) is 14.5. The van der Waals surface area contributed by atoms with Crippen molar-refractivity contribution in [3.63, 3.8) is 0 Å². The maximum absolute atomic E-state index is 12.0. The van der Waals surface area contributed by atoms with Crippen LogP contribution in [0.5, 0.6) is 0 Å². The topological polar surface area (TPSA) is 101 Å². The molecule has 0 aromatic heterocycles. The van der Waals surface area contributed by atoms with Crippen LogP contribution in [0.1, 0.15) is 26.7 Å². The molecule has 1 amide bonds. The lowest BCUT2D eigenvalue weighted by atomic mass is 10.2. The normalized spacial score (nSPS) is 11.3. The first-order valence-electron chi connectivity index (χ1n) is 6.09. The van der Waals surface area contributed by atoms with Crippen LogP contribution < -0.4 is 15.8 Å². The fourth-order valence-corrected chi connectivity index (χ4v) is 2.81. The third kappa shape index (κ3) is 4.22. The van der Waals surface area contributed by atoms with Crippen LogP contribution in [0.4, 0.5) is 11.4 Å². The second kappa shape index (κ2) is 6.53. The first kappa shape index (κ1) is 15.5. The van der Waals surface area contributed by atoms with Crippen LogP contribution in [-0.2, 0) is 14.8 Å². The number of nitrogens with two attached hydrogens (primary N) is 1. The molecule has 0 atom stereocenters. The van der Waals surface area contributed by atoms with Gasteiger partial charge in [0, 0.05) is 18.7 Å². The highest BCUT2D eigenvalue weighted by molar-refractivity contribution is 7.89. The van der Waals surface area contributed by atoms with Crippen LogP contribution in [0.25, 0.3) is 0 Å². The molecule has 0 aliphatic heterocycles. The van der Waals surface area contributed by atoms with Crippen molar-refractivity contribution in [2.24, 2.45) is 0 Å². The number of hydrogen-bond acceptors (Lipinski definition) is 4. The van der Waals surface area contributed by atoms with E-state index < -0.39 is 10.0 Å². The number of carbonyl (C=O) groups is 1. The number of rotatable bonds is 6. The lowest BCUT2D eigenvalue weighted by Gasteiger charge is -2.12. The second-order valence-electron chi connectivity index (χ2n) is 4.06. The molecule has 0 saturated carbocycles. The van der Waals surface area contributed by atoms with Crippen molar-refractivity contribution in [1.29, 1.82) is 0 Å². The summed E-state index contributed by atoms with van der Waals surface area (Å²) >= 11 is 0. The maximum Gasteiger partial charge on any atom is 0.242 e. The molecular weight excluding hydrogens is 266 g/mol. The van der Waals surface area contributed by atoms with Gasteiger partial charge < -0.3 is 11.1 Å². The summed E-state index contributed by atoms with van der Waals surface area (Å²) in [6.45, 7) is 3.82. The summed E-state index contributed by atoms with van der Waals surface area (Å²) < 4.78 is 26.4. The largest absolute Gasteiger partial charge is 0.399 e. The second-order valence-corrected chi connectivity index (χ2v) is 5.79. The molecule has 0 unspecified atom stereocenters. The Hall–Kier alpha value is -1.60. The summed E-state index contributed by atoms with van der Waals surface area (Å²) in [5, 5.41) is 2.59. The van der Waals surface area contributed by atoms with Crippen molar-refractivity contribution in [2.75, 3.05) is 17.6 Å². The van der Waals surface area contributed by atoms with Crippen LogP contribution in [0, 0.1) is 0 Å². The molecule has 0 aliphatic carbocycles. The third-order valence-corrected chi connectivity index (χ3v) is 3.97. The first-order chi connectivity index (χ1) is 8.90. The molecular formula is C12H19N3O3S. The molecule has 6 nitrogen and oxygen atoms in total. The Bertz CT molecular complexity index is 555. The van der Waals surface area contributed by atoms with E-state index >= 15 is 0 Å². The summed E-state index contributed by atoms with van der Waals surface area (Å²) in [5.41, 5.74) is 6.17. The molecule has 1 rings (SSSR count). The number of carbonyl (C=O) groups excluding carboxylic acids is 1. The predicted octanol–water partition coefficient (Wildman–Crippen LogP) is 1.31. The van der Waals surface area contributed by atoms with Crippen molar-refractivity contribution in [1.82, 2.24) is 4.72 Å². The number of amides is 1. The van der Waals surface area contributed by atoms with Gasteiger partial charge in [0.2, 0.25) is 15.9 Å². The summed E-state index contributed by atoms with van der Waals surface area (Å²) in [4.78, 5) is 11.6. The predicted molar refractivity (Wildman–Crippen MR) is 75.3 cm³/mol. The molecule has 7 heteroatoms. The highest BCUT2D eigenvalue weighted by atomic mass is 32.2. The highest BCUT2D eigenvalue weighted by Gasteiger charge is 2.19. The third-order valence-electron chi connectivity index (χ3n) is 2.38. The molecule has 0 aliphatic rings. The Balaban J connectivity index is 3.15. The Morgan fingerprint density at radius 2 is 2.00 bits per heavy atom. The fraction of sp³-hybridized carbons (Fsp3) is 0.417. The Morgan fingerprint density at radius 1 is 1.32 bits per heavy atom. The van der Waals surface area contributed by atoms with Gasteiger partial charge in [0.15, 0.2) is 0 Å². The Morgan fingerprint density at radius 3 is 2.58 bits per heavy atom. The minimum atomic E-state index is -3.67. The van der Waals surface area contributed by atoms with E-state index in [1.807, 2.05) is 6.92 Å². The zero-order valence-corrected chi connectivity index (χ0v) is 11.9. The van der Waals surface area contributed by atoms with Crippen molar-refractivity contribution in [3.8, 4) is 0 Å². The molecule has 0 fully saturated rings. The van der Waals surface area contributed by atoms with Gasteiger partial charge in [0.05, 0.1) is 5.69 Å². The van der Waals surface area contributed by atoms with Crippen molar-refractivity contribution in [2.45, 2.75) is 31.6 Å². The summed E-state index contributed by atoms with van der Waals surface area (Å²) in [6.07, 6.45) is 1.03. The van der Waals surface area contributed by atoms with Gasteiger partial charge in [-0.2, -0.15) is 0 Å². The average Bonchev–Trinajstić information content (AvgIpc) is 2.31. The van der Waals surface area contributed by atoms with E-state index in [-0.39, 0.29) is 23.0 Å². The van der Waals surface area contributed by atoms with Gasteiger partial charge >= 0.3 is 0 Å². The van der Waals surface area contributed by atoms with E-state index in [0.717, 1.165) is 0 Å². The average molecular weight is 285 g/mol. The van der Waals surface area contributed by atoms with Gasteiger partial charge in [-0.1, -0.05) is 13.8 Å². The molecule has 0 heterocycles. The Kier molecular flexibility index (Phi) is 5.31. The van der Waals surface area contributed by atoms with E-state index in [4.69, 9.17) is 5.73 Å². The van der Waals surface area contributed by atoms with Crippen LogP contribution in [0.2, 0.25) is 0 Å². The van der Waals surface area contributed by atoms with E-state index in [1.165, 1.54) is 12.1 Å². The summed E-state index contributed by atoms with van der Waals surface area (Å²) in [5.74, 6) is -0.222. The van der Waals surface area contributed by atoms with E-state index in [9.17, 15) is 13.2 Å². The standard InChI is InChI=1S/C12H19N3O3S/c1-3-5-12(16)15-10-7-6-9(13)8-11(10)19(17,18)14-4-2/h6-8,14H,3-5,13H2,1-2H3,(H,15,16). The molecule has 106 valence electrons. The van der Waals surface area contributed by atoms with Crippen molar-refractivity contribution in [3.05, 3.63) is 18.2 Å². The quantitative estimate of drug-likeness (QED) is 0.686. The number of hydrogen-bond donors (Lipinski definition) is 3. The molecule has 0 radical (unpaired) electrons. The molecule has 1 aromatic carbocycles. The minimum absolute atomic E-state index is 0.0150. The molecule has 0 spiro atoms. The first-order valence-corrected chi connectivity index (χ1v) is 7.58. The number of nitrogen functional groups attached to an aromatic ring is 1. The minimum Gasteiger partial charge on any atom is -0.399 e. The van der Waals surface area contributed by atoms with E-state index in [1.54, 1.807) is 13.0 Å². The van der Waals surface area contributed by atoms with Crippen LogP contribution >= 0.6 is 0 Å². The van der Waals surface area contributed by atoms with Crippen LogP contribution in [0.3, 0.4) is 0 Å². The highest BCUT2D eigenvalue weighted by Crippen LogP contribution is 2.24. The lowest BCUT2D eigenvalue weighted by molar-refractivity contribution is -0.116. The van der Waals surface area contributed by atoms with E-state index in [0.29, 0.717) is 18.5 Å². The maximum atomic E-state index is 12.0. The molecule has 1 aromatic rings. The molecule has 19 heavy (non-hydrogen) atoms. The summed E-state index contributed by atoms with van der Waals surface area (Å²) in [7, 11) is -3.67. The van der Waals surface area contributed by atoms with Crippen molar-refractivity contribution < 1.29 is 13.2 Å². The van der Waals surface area contributed by atoms with Gasteiger partial charge in [-0.05, 0) is 24.6 Å². The monoisotopic (exact) mass is 285 g/mol. The smallest absolute Gasteiger partial charge is 0.242 e. The van der Waals surface area contributed by atoms with Crippen LogP contribution in [-0.4, -0.2) is 20.9 Å². The fourth-order valence-electron chi connectivity index (χ4n) is 1.57. The lowest BCUT2D eigenvalue weighted by Crippen LogP contribution is -2.25. The number of nitrogens with one attached hydrogen (secondary N) is 2. The van der Waals surface area contributed by atoms with Gasteiger partial charge in [0.1, 0.15) is 4.90 Å². The zero-order valence-electron chi connectivity index (χ0n) is 11.1. The van der Waals surface area contributed by atoms with Gasteiger partial charge in [0.25, 0.3) is 0 Å².